The number of aromatic amines is 1. The molecule has 1 heterocycles. The largest absolute Gasteiger partial charge is 0.494 e. The van der Waals surface area contributed by atoms with Gasteiger partial charge in [0.15, 0.2) is 0 Å². The Morgan fingerprint density at radius 3 is 3.05 bits per heavy atom. The molecule has 0 aliphatic heterocycles. The molecule has 10 heteroatoms. The number of ether oxygens (including phenoxy) is 1. The van der Waals surface area contributed by atoms with Gasteiger partial charge in [-0.1, -0.05) is 0 Å². The Labute approximate surface area is 124 Å². The highest BCUT2D eigenvalue weighted by atomic mass is 16.6. The fourth-order valence-corrected chi connectivity index (χ4v) is 1.62. The van der Waals surface area contributed by atoms with Gasteiger partial charge in [0.25, 0.3) is 5.69 Å². The van der Waals surface area contributed by atoms with E-state index in [1.54, 1.807) is 6.92 Å². The van der Waals surface area contributed by atoms with Crippen LogP contribution in [0.15, 0.2) is 24.4 Å². The van der Waals surface area contributed by atoms with Crippen molar-refractivity contribution in [1.82, 2.24) is 20.6 Å². The van der Waals surface area contributed by atoms with Crippen molar-refractivity contribution < 1.29 is 9.66 Å². The highest BCUT2D eigenvalue weighted by molar-refractivity contribution is 5.76. The molecule has 0 fully saturated rings. The molecule has 0 bridgehead atoms. The van der Waals surface area contributed by atoms with E-state index in [0.29, 0.717) is 12.4 Å². The molecular formula is C12H11N7O3. The van der Waals surface area contributed by atoms with Gasteiger partial charge in [-0.2, -0.15) is 10.5 Å². The summed E-state index contributed by atoms with van der Waals surface area (Å²) in [4.78, 5) is 10.5. The second-order valence-corrected chi connectivity index (χ2v) is 3.92. The van der Waals surface area contributed by atoms with Crippen LogP contribution in [0, 0.1) is 21.4 Å². The number of H-pyrrole nitrogens is 1. The monoisotopic (exact) mass is 301 g/mol. The average Bonchev–Trinajstić information content (AvgIpc) is 3.02. The predicted molar refractivity (Wildman–Crippen MR) is 75.7 cm³/mol. The Morgan fingerprint density at radius 2 is 2.45 bits per heavy atom. The van der Waals surface area contributed by atoms with Gasteiger partial charge in [0.1, 0.15) is 23.1 Å². The van der Waals surface area contributed by atoms with E-state index >= 15 is 0 Å². The van der Waals surface area contributed by atoms with Gasteiger partial charge in [0.05, 0.1) is 11.5 Å². The van der Waals surface area contributed by atoms with Crippen LogP contribution in [0.25, 0.3) is 5.57 Å². The predicted octanol–water partition coefficient (Wildman–Crippen LogP) is 1.48. The second kappa shape index (κ2) is 6.80. The molecule has 2 aromatic rings. The Bertz CT molecular complexity index is 734. The number of nitrogens with one attached hydrogen (secondary N) is 2. The minimum absolute atomic E-state index is 0.0739. The van der Waals surface area contributed by atoms with Crippen LogP contribution >= 0.6 is 0 Å². The first-order chi connectivity index (χ1) is 10.7. The molecule has 22 heavy (non-hydrogen) atoms. The van der Waals surface area contributed by atoms with Gasteiger partial charge in [-0.05, 0) is 18.2 Å². The smallest absolute Gasteiger partial charge is 0.292 e. The molecule has 0 unspecified atom stereocenters. The molecule has 0 spiro atoms. The first kappa shape index (κ1) is 14.9. The van der Waals surface area contributed by atoms with E-state index in [-0.39, 0.29) is 22.8 Å². The highest BCUT2D eigenvalue weighted by Gasteiger charge is 2.15. The third kappa shape index (κ3) is 3.34. The quantitative estimate of drug-likeness (QED) is 0.464. The summed E-state index contributed by atoms with van der Waals surface area (Å²) >= 11 is 0. The van der Waals surface area contributed by atoms with Gasteiger partial charge >= 0.3 is 0 Å². The number of nitro groups is 1. The van der Waals surface area contributed by atoms with Crippen LogP contribution in [0.1, 0.15) is 12.7 Å². The standard InChI is InChI=1S/C12H11N7O3/c1-2-22-9-3-4-11(19(20)21)10(5-9)14-7-8(6-13)12-15-17-18-16-12/h3-5,7,14H,2H2,1H3,(H,15,16,17,18). The molecule has 1 aromatic carbocycles. The minimum Gasteiger partial charge on any atom is -0.494 e. The van der Waals surface area contributed by atoms with Crippen LogP contribution in [0.3, 0.4) is 0 Å². The van der Waals surface area contributed by atoms with Crippen molar-refractivity contribution in [3.63, 3.8) is 0 Å². The number of nitrogens with zero attached hydrogens (tertiary/aromatic N) is 5. The minimum atomic E-state index is -0.535. The van der Waals surface area contributed by atoms with Crippen molar-refractivity contribution in [2.75, 3.05) is 11.9 Å². The van der Waals surface area contributed by atoms with Gasteiger partial charge < -0.3 is 10.1 Å². The number of anilines is 1. The number of allylic oxidation sites excluding steroid dienone is 1. The zero-order valence-electron chi connectivity index (χ0n) is 11.5. The van der Waals surface area contributed by atoms with Crippen LogP contribution < -0.4 is 10.1 Å². The fraction of sp³-hybridized carbons (Fsp3) is 0.167. The summed E-state index contributed by atoms with van der Waals surface area (Å²) in [6, 6.07) is 6.17. The zero-order chi connectivity index (χ0) is 15.9. The molecular weight excluding hydrogens is 290 g/mol. The van der Waals surface area contributed by atoms with Gasteiger partial charge in [-0.3, -0.25) is 10.1 Å². The summed E-state index contributed by atoms with van der Waals surface area (Å²) in [5.41, 5.74) is 0.113. The summed E-state index contributed by atoms with van der Waals surface area (Å²) in [7, 11) is 0. The van der Waals surface area contributed by atoms with E-state index in [4.69, 9.17) is 10.00 Å². The van der Waals surface area contributed by atoms with Crippen LogP contribution in [0.4, 0.5) is 11.4 Å². The molecule has 0 atom stereocenters. The molecule has 1 aromatic heterocycles. The number of hydrogen-bond acceptors (Lipinski definition) is 8. The van der Waals surface area contributed by atoms with Crippen LogP contribution in [-0.4, -0.2) is 32.2 Å². The number of tetrazole rings is 1. The Balaban J connectivity index is 2.32. The Hall–Kier alpha value is -3.48. The van der Waals surface area contributed by atoms with E-state index in [0.717, 1.165) is 0 Å². The molecule has 0 aliphatic rings. The molecule has 2 rings (SSSR count). The third-order valence-corrected chi connectivity index (χ3v) is 2.55. The number of aromatic nitrogens is 4. The first-order valence-electron chi connectivity index (χ1n) is 6.17. The Morgan fingerprint density at radius 1 is 1.64 bits per heavy atom. The molecule has 112 valence electrons. The van der Waals surface area contributed by atoms with E-state index in [2.05, 4.69) is 25.9 Å². The summed E-state index contributed by atoms with van der Waals surface area (Å²) in [6.45, 7) is 2.23. The number of rotatable bonds is 6. The molecule has 0 saturated carbocycles. The summed E-state index contributed by atoms with van der Waals surface area (Å²) in [6.07, 6.45) is 1.27. The summed E-state index contributed by atoms with van der Waals surface area (Å²) < 4.78 is 5.30. The van der Waals surface area contributed by atoms with E-state index in [1.807, 2.05) is 6.07 Å². The zero-order valence-corrected chi connectivity index (χ0v) is 11.5. The first-order valence-corrected chi connectivity index (χ1v) is 6.17. The lowest BCUT2D eigenvalue weighted by molar-refractivity contribution is -0.383. The number of nitro benzene ring substituents is 1. The lowest BCUT2D eigenvalue weighted by atomic mass is 10.2. The van der Waals surface area contributed by atoms with Crippen molar-refractivity contribution in [3.05, 3.63) is 40.3 Å². The van der Waals surface area contributed by atoms with Crippen LogP contribution in [0.5, 0.6) is 5.75 Å². The number of nitriles is 1. The van der Waals surface area contributed by atoms with Gasteiger partial charge in [0.2, 0.25) is 5.82 Å². The van der Waals surface area contributed by atoms with Crippen molar-refractivity contribution >= 4 is 16.9 Å². The maximum Gasteiger partial charge on any atom is 0.292 e. The van der Waals surface area contributed by atoms with E-state index < -0.39 is 4.92 Å². The molecule has 10 nitrogen and oxygen atoms in total. The van der Waals surface area contributed by atoms with Crippen molar-refractivity contribution in [2.45, 2.75) is 6.92 Å². The normalized spacial score (nSPS) is 10.8. The second-order valence-electron chi connectivity index (χ2n) is 3.92. The van der Waals surface area contributed by atoms with E-state index in [1.165, 1.54) is 24.4 Å². The van der Waals surface area contributed by atoms with Gasteiger partial charge in [-0.25, -0.2) is 0 Å². The van der Waals surface area contributed by atoms with Crippen molar-refractivity contribution in [2.24, 2.45) is 0 Å². The fourth-order valence-electron chi connectivity index (χ4n) is 1.62. The van der Waals surface area contributed by atoms with Crippen molar-refractivity contribution in [3.8, 4) is 11.8 Å². The number of benzene rings is 1. The lowest BCUT2D eigenvalue weighted by Crippen LogP contribution is -1.99. The van der Waals surface area contributed by atoms with Gasteiger partial charge in [0, 0.05) is 18.3 Å². The number of hydrogen-bond donors (Lipinski definition) is 2. The maximum absolute atomic E-state index is 11.0. The maximum atomic E-state index is 11.0. The summed E-state index contributed by atoms with van der Waals surface area (Å²) in [5.74, 6) is 0.556. The van der Waals surface area contributed by atoms with E-state index in [9.17, 15) is 10.1 Å². The van der Waals surface area contributed by atoms with Crippen LogP contribution in [0.2, 0.25) is 0 Å². The lowest BCUT2D eigenvalue weighted by Gasteiger charge is -2.07. The molecule has 0 aliphatic carbocycles. The topological polar surface area (TPSA) is 143 Å². The molecule has 0 amide bonds. The van der Waals surface area contributed by atoms with Crippen LogP contribution in [-0.2, 0) is 0 Å². The summed E-state index contributed by atoms with van der Waals surface area (Å²) in [5, 5.41) is 35.7. The van der Waals surface area contributed by atoms with Crippen molar-refractivity contribution in [1.29, 1.82) is 5.26 Å². The van der Waals surface area contributed by atoms with Gasteiger partial charge in [-0.15, -0.1) is 10.2 Å². The SMILES string of the molecule is CCOc1ccc([N+](=O)[O-])c(NC=C(C#N)c2nn[nH]n2)c1. The molecule has 2 N–H and O–H groups in total. The molecule has 0 radical (unpaired) electrons. The molecule has 0 saturated heterocycles. The highest BCUT2D eigenvalue weighted by Crippen LogP contribution is 2.29. The third-order valence-electron chi connectivity index (χ3n) is 2.55. The Kier molecular flexibility index (Phi) is 4.61. The average molecular weight is 301 g/mol.